The summed E-state index contributed by atoms with van der Waals surface area (Å²) in [6.45, 7) is 1.68. The number of aryl methyl sites for hydroxylation is 1. The lowest BCUT2D eigenvalue weighted by atomic mass is 10.0. The molecule has 3 rings (SSSR count). The number of hydrogen-bond acceptors (Lipinski definition) is 4. The molecule has 1 heterocycles. The molecule has 0 fully saturated rings. The number of carbonyl (C=O) groups excluding carboxylic acids is 1. The van der Waals surface area contributed by atoms with Crippen molar-refractivity contribution in [2.24, 2.45) is 0 Å². The molecule has 4 nitrogen and oxygen atoms in total. The van der Waals surface area contributed by atoms with E-state index in [4.69, 9.17) is 10.00 Å². The molecule has 0 aliphatic rings. The third-order valence-corrected chi connectivity index (χ3v) is 3.52. The second kappa shape index (κ2) is 6.29. The lowest BCUT2D eigenvalue weighted by Crippen LogP contribution is -2.07. The van der Waals surface area contributed by atoms with Crippen molar-refractivity contribution in [3.05, 3.63) is 65.7 Å². The summed E-state index contributed by atoms with van der Waals surface area (Å²) in [6, 6.07) is 18.9. The summed E-state index contributed by atoms with van der Waals surface area (Å²) in [5.74, 6) is -0.512. The van der Waals surface area contributed by atoms with Gasteiger partial charge in [-0.25, -0.2) is 9.78 Å². The van der Waals surface area contributed by atoms with Crippen LogP contribution in [0.1, 0.15) is 15.9 Å². The first-order valence-corrected chi connectivity index (χ1v) is 7.20. The highest BCUT2D eigenvalue weighted by molar-refractivity contribution is 6.04. The Balaban J connectivity index is 2.20. The minimum absolute atomic E-state index is 0.269. The molecule has 3 aromatic rings. The van der Waals surface area contributed by atoms with Gasteiger partial charge in [0.25, 0.3) is 0 Å². The Bertz CT molecular complexity index is 912. The molecule has 0 atom stereocenters. The molecule has 0 aliphatic heterocycles. The van der Waals surface area contributed by atoms with Crippen molar-refractivity contribution < 1.29 is 9.53 Å². The fraction of sp³-hybridized carbons (Fsp3) is 0.105. The van der Waals surface area contributed by atoms with Gasteiger partial charge in [-0.1, -0.05) is 42.0 Å². The number of benzene rings is 2. The van der Waals surface area contributed by atoms with Gasteiger partial charge >= 0.3 is 5.97 Å². The van der Waals surface area contributed by atoms with Gasteiger partial charge in [0.05, 0.1) is 16.8 Å². The van der Waals surface area contributed by atoms with Crippen molar-refractivity contribution in [3.8, 4) is 17.3 Å². The number of carbonyl (C=O) groups is 1. The number of nitrogens with zero attached hydrogens (tertiary/aromatic N) is 2. The first-order valence-electron chi connectivity index (χ1n) is 7.20. The van der Waals surface area contributed by atoms with E-state index >= 15 is 0 Å². The van der Waals surface area contributed by atoms with E-state index < -0.39 is 5.97 Å². The minimum atomic E-state index is -0.512. The molecular formula is C19H14N2O2. The van der Waals surface area contributed by atoms with Crippen molar-refractivity contribution in [2.75, 3.05) is 6.61 Å². The summed E-state index contributed by atoms with van der Waals surface area (Å²) in [6.07, 6.45) is 0. The normalized spacial score (nSPS) is 10.3. The third-order valence-electron chi connectivity index (χ3n) is 3.52. The number of esters is 1. The Morgan fingerprint density at radius 3 is 2.70 bits per heavy atom. The van der Waals surface area contributed by atoms with Gasteiger partial charge in [0.2, 0.25) is 0 Å². The molecule has 0 amide bonds. The number of fused-ring (bicyclic) bond motifs is 1. The van der Waals surface area contributed by atoms with Gasteiger partial charge in [-0.15, -0.1) is 0 Å². The Kier molecular flexibility index (Phi) is 4.03. The lowest BCUT2D eigenvalue weighted by molar-refractivity contribution is 0.0557. The van der Waals surface area contributed by atoms with E-state index in [9.17, 15) is 4.79 Å². The van der Waals surface area contributed by atoms with Crippen molar-refractivity contribution in [1.29, 1.82) is 5.26 Å². The number of rotatable bonds is 3. The fourth-order valence-electron chi connectivity index (χ4n) is 2.44. The summed E-state index contributed by atoms with van der Waals surface area (Å²) >= 11 is 0. The van der Waals surface area contributed by atoms with Crippen LogP contribution >= 0.6 is 0 Å². The second-order valence-corrected chi connectivity index (χ2v) is 5.18. The molecule has 4 heteroatoms. The second-order valence-electron chi connectivity index (χ2n) is 5.18. The van der Waals surface area contributed by atoms with Crippen molar-refractivity contribution in [1.82, 2.24) is 4.98 Å². The summed E-state index contributed by atoms with van der Waals surface area (Å²) < 4.78 is 4.99. The first-order chi connectivity index (χ1) is 11.2. The Hall–Kier alpha value is -3.19. The van der Waals surface area contributed by atoms with Crippen LogP contribution < -0.4 is 0 Å². The molecule has 0 radical (unpaired) electrons. The molecule has 0 N–H and O–H groups in total. The molecule has 0 bridgehead atoms. The SMILES string of the molecule is Cc1ccc2nc(-c3ccccc3)cc(C(=O)OCC#N)c2c1. The molecule has 112 valence electrons. The van der Waals surface area contributed by atoms with E-state index in [0.29, 0.717) is 11.3 Å². The summed E-state index contributed by atoms with van der Waals surface area (Å²) in [5.41, 5.74) is 3.80. The predicted molar refractivity (Wildman–Crippen MR) is 87.8 cm³/mol. The van der Waals surface area contributed by atoms with E-state index in [1.165, 1.54) is 0 Å². The highest BCUT2D eigenvalue weighted by atomic mass is 16.5. The van der Waals surface area contributed by atoms with Crippen LogP contribution in [0.5, 0.6) is 0 Å². The Morgan fingerprint density at radius 2 is 1.96 bits per heavy atom. The molecule has 0 saturated carbocycles. The van der Waals surface area contributed by atoms with Crippen LogP contribution in [-0.2, 0) is 4.74 Å². The minimum Gasteiger partial charge on any atom is -0.447 e. The van der Waals surface area contributed by atoms with E-state index in [0.717, 1.165) is 22.0 Å². The Morgan fingerprint density at radius 1 is 1.17 bits per heavy atom. The van der Waals surface area contributed by atoms with Crippen LogP contribution in [-0.4, -0.2) is 17.6 Å². The topological polar surface area (TPSA) is 63.0 Å². The first kappa shape index (κ1) is 14.7. The van der Waals surface area contributed by atoms with Crippen LogP contribution in [0.4, 0.5) is 0 Å². The van der Waals surface area contributed by atoms with Gasteiger partial charge in [-0.2, -0.15) is 5.26 Å². The molecule has 0 saturated heterocycles. The maximum atomic E-state index is 12.3. The van der Waals surface area contributed by atoms with Gasteiger partial charge < -0.3 is 4.74 Å². The number of ether oxygens (including phenoxy) is 1. The van der Waals surface area contributed by atoms with Gasteiger partial charge in [0, 0.05) is 10.9 Å². The molecule has 0 spiro atoms. The highest BCUT2D eigenvalue weighted by Crippen LogP contribution is 2.26. The van der Waals surface area contributed by atoms with Gasteiger partial charge in [0.1, 0.15) is 6.07 Å². The summed E-state index contributed by atoms with van der Waals surface area (Å²) in [5, 5.41) is 9.34. The maximum Gasteiger partial charge on any atom is 0.339 e. The van der Waals surface area contributed by atoms with Crippen molar-refractivity contribution >= 4 is 16.9 Å². The van der Waals surface area contributed by atoms with E-state index in [1.54, 1.807) is 6.07 Å². The molecule has 0 unspecified atom stereocenters. The molecule has 1 aromatic heterocycles. The molecule has 0 aliphatic carbocycles. The quantitative estimate of drug-likeness (QED) is 0.688. The summed E-state index contributed by atoms with van der Waals surface area (Å²) in [4.78, 5) is 16.9. The van der Waals surface area contributed by atoms with Crippen LogP contribution in [0, 0.1) is 18.3 Å². The van der Waals surface area contributed by atoms with Gasteiger partial charge in [0.15, 0.2) is 6.61 Å². The van der Waals surface area contributed by atoms with E-state index in [2.05, 4.69) is 4.98 Å². The molecule has 2 aromatic carbocycles. The predicted octanol–water partition coefficient (Wildman–Crippen LogP) is 3.89. The van der Waals surface area contributed by atoms with Crippen LogP contribution in [0.25, 0.3) is 22.2 Å². The zero-order valence-electron chi connectivity index (χ0n) is 12.6. The number of aromatic nitrogens is 1. The monoisotopic (exact) mass is 302 g/mol. The fourth-order valence-corrected chi connectivity index (χ4v) is 2.44. The van der Waals surface area contributed by atoms with Crippen molar-refractivity contribution in [3.63, 3.8) is 0 Å². The number of pyridine rings is 1. The smallest absolute Gasteiger partial charge is 0.339 e. The average Bonchev–Trinajstić information content (AvgIpc) is 2.59. The van der Waals surface area contributed by atoms with Crippen LogP contribution in [0.3, 0.4) is 0 Å². The summed E-state index contributed by atoms with van der Waals surface area (Å²) in [7, 11) is 0. The lowest BCUT2D eigenvalue weighted by Gasteiger charge is -2.09. The average molecular weight is 302 g/mol. The van der Waals surface area contributed by atoms with Gasteiger partial charge in [-0.3, -0.25) is 0 Å². The zero-order chi connectivity index (χ0) is 16.2. The molecule has 23 heavy (non-hydrogen) atoms. The highest BCUT2D eigenvalue weighted by Gasteiger charge is 2.15. The van der Waals surface area contributed by atoms with Crippen LogP contribution in [0.2, 0.25) is 0 Å². The van der Waals surface area contributed by atoms with E-state index in [-0.39, 0.29) is 6.61 Å². The molecular weight excluding hydrogens is 288 g/mol. The number of nitriles is 1. The van der Waals surface area contributed by atoms with E-state index in [1.807, 2.05) is 61.5 Å². The zero-order valence-corrected chi connectivity index (χ0v) is 12.6. The number of hydrogen-bond donors (Lipinski definition) is 0. The maximum absolute atomic E-state index is 12.3. The Labute approximate surface area is 134 Å². The largest absolute Gasteiger partial charge is 0.447 e. The van der Waals surface area contributed by atoms with Crippen molar-refractivity contribution in [2.45, 2.75) is 6.92 Å². The van der Waals surface area contributed by atoms with Gasteiger partial charge in [-0.05, 0) is 25.1 Å². The van der Waals surface area contributed by atoms with Crippen LogP contribution in [0.15, 0.2) is 54.6 Å². The third kappa shape index (κ3) is 3.04. The standard InChI is InChI=1S/C19H14N2O2/c1-13-7-8-17-15(11-13)16(19(22)23-10-9-20)12-18(21-17)14-5-3-2-4-6-14/h2-8,11-12H,10H2,1H3.